The first-order valence-electron chi connectivity index (χ1n) is 6.27. The van der Waals surface area contributed by atoms with E-state index in [1.165, 1.54) is 12.7 Å². The maximum absolute atomic E-state index is 11.5. The Kier molecular flexibility index (Phi) is 3.99. The summed E-state index contributed by atoms with van der Waals surface area (Å²) in [7, 11) is 0. The molecule has 0 amide bonds. The molecule has 1 fully saturated rings. The average Bonchev–Trinajstić information content (AvgIpc) is 2.22. The van der Waals surface area contributed by atoms with Gasteiger partial charge in [0, 0.05) is 0 Å². The SMILES string of the molecule is CC1CC(Oc2nc[nH]c(=O)c2I)CC(C)(C)C1. The van der Waals surface area contributed by atoms with E-state index in [9.17, 15) is 4.79 Å². The normalized spacial score (nSPS) is 26.9. The summed E-state index contributed by atoms with van der Waals surface area (Å²) >= 11 is 1.98. The molecule has 1 heterocycles. The minimum atomic E-state index is -0.135. The van der Waals surface area contributed by atoms with Gasteiger partial charge in [-0.15, -0.1) is 0 Å². The number of halogens is 1. The Morgan fingerprint density at radius 2 is 2.22 bits per heavy atom. The van der Waals surface area contributed by atoms with Gasteiger partial charge in [0.05, 0.1) is 6.33 Å². The molecular formula is C13H19IN2O2. The summed E-state index contributed by atoms with van der Waals surface area (Å²) in [5.41, 5.74) is 0.165. The van der Waals surface area contributed by atoms with Gasteiger partial charge in [-0.3, -0.25) is 4.79 Å². The Hall–Kier alpha value is -0.590. The smallest absolute Gasteiger partial charge is 0.268 e. The van der Waals surface area contributed by atoms with Crippen LogP contribution in [0.5, 0.6) is 5.88 Å². The number of H-pyrrole nitrogens is 1. The van der Waals surface area contributed by atoms with Crippen molar-refractivity contribution in [3.63, 3.8) is 0 Å². The fraction of sp³-hybridized carbons (Fsp3) is 0.692. The maximum Gasteiger partial charge on any atom is 0.268 e. The molecule has 0 aliphatic heterocycles. The third-order valence-electron chi connectivity index (χ3n) is 3.39. The zero-order valence-corrected chi connectivity index (χ0v) is 13.2. The van der Waals surface area contributed by atoms with E-state index >= 15 is 0 Å². The van der Waals surface area contributed by atoms with Crippen LogP contribution >= 0.6 is 22.6 Å². The van der Waals surface area contributed by atoms with E-state index in [4.69, 9.17) is 4.74 Å². The molecule has 1 aliphatic rings. The minimum Gasteiger partial charge on any atom is -0.473 e. The van der Waals surface area contributed by atoms with Gasteiger partial charge in [0.25, 0.3) is 5.56 Å². The van der Waals surface area contributed by atoms with Crippen molar-refractivity contribution in [1.82, 2.24) is 9.97 Å². The van der Waals surface area contributed by atoms with E-state index in [2.05, 4.69) is 30.7 Å². The van der Waals surface area contributed by atoms with Crippen LogP contribution in [0.2, 0.25) is 0 Å². The predicted molar refractivity (Wildman–Crippen MR) is 78.8 cm³/mol. The molecule has 1 aromatic rings. The molecule has 2 unspecified atom stereocenters. The van der Waals surface area contributed by atoms with Crippen LogP contribution in [0.3, 0.4) is 0 Å². The Bertz CT molecular complexity index is 484. The van der Waals surface area contributed by atoms with Gasteiger partial charge in [-0.1, -0.05) is 20.8 Å². The first kappa shape index (κ1) is 13.8. The number of aromatic nitrogens is 2. The first-order valence-corrected chi connectivity index (χ1v) is 7.35. The number of aromatic amines is 1. The quantitative estimate of drug-likeness (QED) is 0.823. The highest BCUT2D eigenvalue weighted by atomic mass is 127. The highest BCUT2D eigenvalue weighted by Crippen LogP contribution is 2.39. The molecule has 1 N–H and O–H groups in total. The van der Waals surface area contributed by atoms with Crippen LogP contribution in [0, 0.1) is 14.9 Å². The highest BCUT2D eigenvalue weighted by Gasteiger charge is 2.33. The number of ether oxygens (including phenoxy) is 1. The van der Waals surface area contributed by atoms with Crippen LogP contribution < -0.4 is 10.3 Å². The third kappa shape index (κ3) is 3.24. The summed E-state index contributed by atoms with van der Waals surface area (Å²) < 4.78 is 6.47. The number of nitrogens with zero attached hydrogens (tertiary/aromatic N) is 1. The van der Waals surface area contributed by atoms with Crippen LogP contribution in [-0.2, 0) is 0 Å². The zero-order valence-electron chi connectivity index (χ0n) is 11.0. The Morgan fingerprint density at radius 1 is 1.50 bits per heavy atom. The second-order valence-electron chi connectivity index (χ2n) is 6.00. The van der Waals surface area contributed by atoms with Crippen molar-refractivity contribution in [1.29, 1.82) is 0 Å². The molecule has 1 aromatic heterocycles. The molecule has 4 nitrogen and oxygen atoms in total. The van der Waals surface area contributed by atoms with Gasteiger partial charge < -0.3 is 9.72 Å². The largest absolute Gasteiger partial charge is 0.473 e. The molecule has 0 bridgehead atoms. The molecule has 2 atom stereocenters. The van der Waals surface area contributed by atoms with Gasteiger partial charge in [-0.2, -0.15) is 0 Å². The second-order valence-corrected chi connectivity index (χ2v) is 7.08. The zero-order chi connectivity index (χ0) is 13.3. The van der Waals surface area contributed by atoms with Gasteiger partial charge >= 0.3 is 0 Å². The van der Waals surface area contributed by atoms with Crippen molar-refractivity contribution >= 4 is 22.6 Å². The van der Waals surface area contributed by atoms with E-state index in [1.807, 2.05) is 22.6 Å². The summed E-state index contributed by atoms with van der Waals surface area (Å²) in [5, 5.41) is 0. The lowest BCUT2D eigenvalue weighted by atomic mass is 9.71. The number of nitrogens with one attached hydrogen (secondary N) is 1. The summed E-state index contributed by atoms with van der Waals surface area (Å²) in [6.07, 6.45) is 4.84. The molecule has 18 heavy (non-hydrogen) atoms. The van der Waals surface area contributed by atoms with E-state index in [0.717, 1.165) is 12.8 Å². The second kappa shape index (κ2) is 5.19. The lowest BCUT2D eigenvalue weighted by molar-refractivity contribution is 0.0524. The monoisotopic (exact) mass is 362 g/mol. The van der Waals surface area contributed by atoms with Crippen molar-refractivity contribution in [2.24, 2.45) is 11.3 Å². The third-order valence-corrected chi connectivity index (χ3v) is 4.34. The molecule has 5 heteroatoms. The van der Waals surface area contributed by atoms with E-state index in [-0.39, 0.29) is 11.7 Å². The summed E-state index contributed by atoms with van der Waals surface area (Å²) in [4.78, 5) is 18.2. The van der Waals surface area contributed by atoms with Gasteiger partial charge in [-0.05, 0) is 53.2 Å². The summed E-state index contributed by atoms with van der Waals surface area (Å²) in [6, 6.07) is 0. The van der Waals surface area contributed by atoms with Crippen LogP contribution in [0.4, 0.5) is 0 Å². The lowest BCUT2D eigenvalue weighted by Gasteiger charge is -2.38. The Morgan fingerprint density at radius 3 is 2.89 bits per heavy atom. The van der Waals surface area contributed by atoms with E-state index < -0.39 is 0 Å². The number of hydrogen-bond acceptors (Lipinski definition) is 3. The van der Waals surface area contributed by atoms with Crippen molar-refractivity contribution in [2.45, 2.75) is 46.1 Å². The minimum absolute atomic E-state index is 0.135. The molecule has 0 spiro atoms. The molecule has 0 radical (unpaired) electrons. The molecule has 0 aromatic carbocycles. The van der Waals surface area contributed by atoms with Crippen molar-refractivity contribution in [3.05, 3.63) is 20.3 Å². The summed E-state index contributed by atoms with van der Waals surface area (Å²) in [5.74, 6) is 1.12. The van der Waals surface area contributed by atoms with Gasteiger partial charge in [0.1, 0.15) is 9.67 Å². The first-order chi connectivity index (χ1) is 8.37. The Labute approximate surface area is 121 Å². The molecule has 100 valence electrons. The standard InChI is InChI=1S/C13H19IN2O2/c1-8-4-9(6-13(2,3)5-8)18-12-10(14)11(17)15-7-16-12/h7-9H,4-6H2,1-3H3,(H,15,16,17). The fourth-order valence-electron chi connectivity index (χ4n) is 2.95. The fourth-order valence-corrected chi connectivity index (χ4v) is 3.38. The van der Waals surface area contributed by atoms with E-state index in [0.29, 0.717) is 20.8 Å². The molecule has 1 saturated carbocycles. The molecular weight excluding hydrogens is 343 g/mol. The highest BCUT2D eigenvalue weighted by molar-refractivity contribution is 14.1. The van der Waals surface area contributed by atoms with Crippen LogP contribution in [0.1, 0.15) is 40.0 Å². The van der Waals surface area contributed by atoms with Gasteiger partial charge in [-0.25, -0.2) is 4.98 Å². The Balaban J connectivity index is 2.14. The molecule has 0 saturated heterocycles. The lowest BCUT2D eigenvalue weighted by Crippen LogP contribution is -2.35. The number of hydrogen-bond donors (Lipinski definition) is 1. The number of rotatable bonds is 2. The van der Waals surface area contributed by atoms with Gasteiger partial charge in [0.2, 0.25) is 5.88 Å². The molecule has 2 rings (SSSR count). The van der Waals surface area contributed by atoms with Gasteiger partial charge in [0.15, 0.2) is 0 Å². The van der Waals surface area contributed by atoms with Crippen LogP contribution in [0.15, 0.2) is 11.1 Å². The molecule has 1 aliphatic carbocycles. The predicted octanol–water partition coefficient (Wildman–Crippen LogP) is 2.97. The van der Waals surface area contributed by atoms with Crippen molar-refractivity contribution in [3.8, 4) is 5.88 Å². The topological polar surface area (TPSA) is 55.0 Å². The van der Waals surface area contributed by atoms with Crippen LogP contribution in [-0.4, -0.2) is 16.1 Å². The van der Waals surface area contributed by atoms with E-state index in [1.54, 1.807) is 0 Å². The maximum atomic E-state index is 11.5. The van der Waals surface area contributed by atoms with Crippen molar-refractivity contribution in [2.75, 3.05) is 0 Å². The average molecular weight is 362 g/mol. The van der Waals surface area contributed by atoms with Crippen molar-refractivity contribution < 1.29 is 4.74 Å². The van der Waals surface area contributed by atoms with Crippen LogP contribution in [0.25, 0.3) is 0 Å². The summed E-state index contributed by atoms with van der Waals surface area (Å²) in [6.45, 7) is 6.80.